The van der Waals surface area contributed by atoms with E-state index >= 15 is 0 Å². The van der Waals surface area contributed by atoms with Crippen molar-refractivity contribution in [3.8, 4) is 0 Å². The Hall–Kier alpha value is -0.0800. The predicted molar refractivity (Wildman–Crippen MR) is 51.3 cm³/mol. The second kappa shape index (κ2) is 5.55. The van der Waals surface area contributed by atoms with Crippen LogP contribution < -0.4 is 5.32 Å². The Balaban J connectivity index is 1.94. The van der Waals surface area contributed by atoms with Crippen LogP contribution in [0.3, 0.4) is 0 Å². The minimum absolute atomic E-state index is 0.494. The van der Waals surface area contributed by atoms with Gasteiger partial charge >= 0.3 is 0 Å². The fourth-order valence-electron chi connectivity index (χ4n) is 1.44. The van der Waals surface area contributed by atoms with Crippen LogP contribution in [0.2, 0.25) is 0 Å². The SMILES string of the molecule is CC[C@H](C)CNC[C@@H]1CCCO1. The highest BCUT2D eigenvalue weighted by molar-refractivity contribution is 4.68. The van der Waals surface area contributed by atoms with E-state index in [1.165, 1.54) is 19.3 Å². The van der Waals surface area contributed by atoms with E-state index in [4.69, 9.17) is 4.74 Å². The third kappa shape index (κ3) is 3.55. The maximum absolute atomic E-state index is 5.51. The Labute approximate surface area is 75.7 Å². The van der Waals surface area contributed by atoms with Gasteiger partial charge in [0.1, 0.15) is 0 Å². The Morgan fingerprint density at radius 2 is 2.42 bits per heavy atom. The standard InChI is InChI=1S/C10H21NO/c1-3-9(2)7-11-8-10-5-4-6-12-10/h9-11H,3-8H2,1-2H3/t9-,10-/m0/s1. The van der Waals surface area contributed by atoms with Gasteiger partial charge in [-0.25, -0.2) is 0 Å². The molecule has 0 aromatic rings. The van der Waals surface area contributed by atoms with Gasteiger partial charge in [-0.05, 0) is 25.3 Å². The summed E-state index contributed by atoms with van der Waals surface area (Å²) >= 11 is 0. The van der Waals surface area contributed by atoms with Crippen LogP contribution >= 0.6 is 0 Å². The predicted octanol–water partition coefficient (Wildman–Crippen LogP) is 1.80. The van der Waals surface area contributed by atoms with Crippen molar-refractivity contribution in [2.24, 2.45) is 5.92 Å². The zero-order valence-electron chi connectivity index (χ0n) is 8.31. The topological polar surface area (TPSA) is 21.3 Å². The Morgan fingerprint density at radius 3 is 3.00 bits per heavy atom. The zero-order valence-corrected chi connectivity index (χ0v) is 8.31. The molecule has 0 bridgehead atoms. The van der Waals surface area contributed by atoms with Crippen LogP contribution in [-0.4, -0.2) is 25.8 Å². The molecule has 72 valence electrons. The summed E-state index contributed by atoms with van der Waals surface area (Å²) in [6, 6.07) is 0. The first-order chi connectivity index (χ1) is 5.83. The number of rotatable bonds is 5. The van der Waals surface area contributed by atoms with E-state index in [1.54, 1.807) is 0 Å². The number of hydrogen-bond donors (Lipinski definition) is 1. The van der Waals surface area contributed by atoms with E-state index < -0.39 is 0 Å². The second-order valence-corrected chi connectivity index (χ2v) is 3.81. The molecule has 0 amide bonds. The van der Waals surface area contributed by atoms with Crippen LogP contribution in [0.25, 0.3) is 0 Å². The smallest absolute Gasteiger partial charge is 0.0700 e. The number of hydrogen-bond acceptors (Lipinski definition) is 2. The van der Waals surface area contributed by atoms with Gasteiger partial charge in [0, 0.05) is 13.2 Å². The summed E-state index contributed by atoms with van der Waals surface area (Å²) in [4.78, 5) is 0. The Morgan fingerprint density at radius 1 is 1.58 bits per heavy atom. The van der Waals surface area contributed by atoms with Crippen LogP contribution in [0.4, 0.5) is 0 Å². The van der Waals surface area contributed by atoms with Crippen molar-refractivity contribution in [3.05, 3.63) is 0 Å². The summed E-state index contributed by atoms with van der Waals surface area (Å²) in [6.07, 6.45) is 4.25. The summed E-state index contributed by atoms with van der Waals surface area (Å²) in [5, 5.41) is 3.45. The normalized spacial score (nSPS) is 26.0. The summed E-state index contributed by atoms with van der Waals surface area (Å²) < 4.78 is 5.51. The van der Waals surface area contributed by atoms with E-state index in [9.17, 15) is 0 Å². The molecule has 12 heavy (non-hydrogen) atoms. The van der Waals surface area contributed by atoms with E-state index in [-0.39, 0.29) is 0 Å². The Kier molecular flexibility index (Phi) is 4.62. The summed E-state index contributed by atoms with van der Waals surface area (Å²) in [5.74, 6) is 0.798. The van der Waals surface area contributed by atoms with Crippen LogP contribution in [-0.2, 0) is 4.74 Å². The zero-order chi connectivity index (χ0) is 8.81. The van der Waals surface area contributed by atoms with Crippen molar-refractivity contribution in [3.63, 3.8) is 0 Å². The van der Waals surface area contributed by atoms with Gasteiger partial charge in [0.25, 0.3) is 0 Å². The molecule has 1 rings (SSSR count). The van der Waals surface area contributed by atoms with Gasteiger partial charge in [0.2, 0.25) is 0 Å². The molecule has 1 heterocycles. The highest BCUT2D eigenvalue weighted by Gasteiger charge is 2.14. The van der Waals surface area contributed by atoms with Crippen LogP contribution in [0.5, 0.6) is 0 Å². The third-order valence-corrected chi connectivity index (χ3v) is 2.59. The Bertz CT molecular complexity index is 110. The quantitative estimate of drug-likeness (QED) is 0.681. The van der Waals surface area contributed by atoms with E-state index in [2.05, 4.69) is 19.2 Å². The average Bonchev–Trinajstić information content (AvgIpc) is 2.57. The number of ether oxygens (including phenoxy) is 1. The first kappa shape index (κ1) is 10.0. The van der Waals surface area contributed by atoms with E-state index in [0.717, 1.165) is 25.6 Å². The molecule has 1 fully saturated rings. The highest BCUT2D eigenvalue weighted by Crippen LogP contribution is 2.10. The van der Waals surface area contributed by atoms with Gasteiger partial charge in [-0.2, -0.15) is 0 Å². The fraction of sp³-hybridized carbons (Fsp3) is 1.00. The molecule has 0 aliphatic carbocycles. The average molecular weight is 171 g/mol. The largest absolute Gasteiger partial charge is 0.377 e. The highest BCUT2D eigenvalue weighted by atomic mass is 16.5. The van der Waals surface area contributed by atoms with Crippen molar-refractivity contribution in [2.75, 3.05) is 19.7 Å². The lowest BCUT2D eigenvalue weighted by atomic mass is 10.1. The van der Waals surface area contributed by atoms with Crippen LogP contribution in [0, 0.1) is 5.92 Å². The lowest BCUT2D eigenvalue weighted by Gasteiger charge is -2.13. The molecular weight excluding hydrogens is 150 g/mol. The van der Waals surface area contributed by atoms with Gasteiger partial charge in [-0.15, -0.1) is 0 Å². The van der Waals surface area contributed by atoms with Crippen LogP contribution in [0.15, 0.2) is 0 Å². The van der Waals surface area contributed by atoms with Crippen molar-refractivity contribution in [1.82, 2.24) is 5.32 Å². The molecule has 0 spiro atoms. The van der Waals surface area contributed by atoms with Crippen LogP contribution in [0.1, 0.15) is 33.1 Å². The van der Waals surface area contributed by atoms with Gasteiger partial charge in [-0.1, -0.05) is 20.3 Å². The molecule has 0 unspecified atom stereocenters. The first-order valence-corrected chi connectivity index (χ1v) is 5.15. The molecule has 2 atom stereocenters. The summed E-state index contributed by atoms with van der Waals surface area (Å²) in [7, 11) is 0. The second-order valence-electron chi connectivity index (χ2n) is 3.81. The van der Waals surface area contributed by atoms with Gasteiger partial charge in [-0.3, -0.25) is 0 Å². The molecular formula is C10H21NO. The summed E-state index contributed by atoms with van der Waals surface area (Å²) in [5.41, 5.74) is 0. The first-order valence-electron chi connectivity index (χ1n) is 5.15. The molecule has 2 nitrogen and oxygen atoms in total. The monoisotopic (exact) mass is 171 g/mol. The lowest BCUT2D eigenvalue weighted by molar-refractivity contribution is 0.109. The number of nitrogens with one attached hydrogen (secondary N) is 1. The van der Waals surface area contributed by atoms with Gasteiger partial charge in [0.05, 0.1) is 6.10 Å². The van der Waals surface area contributed by atoms with E-state index in [1.807, 2.05) is 0 Å². The third-order valence-electron chi connectivity index (χ3n) is 2.59. The van der Waals surface area contributed by atoms with Crippen molar-refractivity contribution in [2.45, 2.75) is 39.2 Å². The molecule has 1 saturated heterocycles. The summed E-state index contributed by atoms with van der Waals surface area (Å²) in [6.45, 7) is 7.66. The molecule has 1 aliphatic heterocycles. The minimum Gasteiger partial charge on any atom is -0.377 e. The molecule has 0 radical (unpaired) electrons. The van der Waals surface area contributed by atoms with Gasteiger partial charge in [0.15, 0.2) is 0 Å². The molecule has 1 N–H and O–H groups in total. The van der Waals surface area contributed by atoms with Crippen molar-refractivity contribution in [1.29, 1.82) is 0 Å². The molecule has 0 aromatic heterocycles. The van der Waals surface area contributed by atoms with Crippen molar-refractivity contribution >= 4 is 0 Å². The van der Waals surface area contributed by atoms with Gasteiger partial charge < -0.3 is 10.1 Å². The molecule has 2 heteroatoms. The minimum atomic E-state index is 0.494. The fourth-order valence-corrected chi connectivity index (χ4v) is 1.44. The van der Waals surface area contributed by atoms with Crippen molar-refractivity contribution < 1.29 is 4.74 Å². The maximum Gasteiger partial charge on any atom is 0.0700 e. The molecule has 0 saturated carbocycles. The lowest BCUT2D eigenvalue weighted by Crippen LogP contribution is -2.29. The van der Waals surface area contributed by atoms with E-state index in [0.29, 0.717) is 6.10 Å². The molecule has 0 aromatic carbocycles. The maximum atomic E-state index is 5.51. The molecule has 1 aliphatic rings.